The number of aromatic nitrogens is 1. The van der Waals surface area contributed by atoms with Crippen LogP contribution in [0.25, 0.3) is 0 Å². The third kappa shape index (κ3) is 2.59. The van der Waals surface area contributed by atoms with Gasteiger partial charge in [0.15, 0.2) is 0 Å². The Kier molecular flexibility index (Phi) is 4.00. The van der Waals surface area contributed by atoms with E-state index in [2.05, 4.69) is 4.98 Å². The quantitative estimate of drug-likeness (QED) is 0.625. The molecule has 3 heterocycles. The monoisotopic (exact) mass is 343 g/mol. The van der Waals surface area contributed by atoms with Crippen LogP contribution < -0.4 is 5.73 Å². The van der Waals surface area contributed by atoms with Gasteiger partial charge in [0.2, 0.25) is 5.91 Å². The first-order valence-corrected chi connectivity index (χ1v) is 9.11. The SMILES string of the molecule is Cc1csc(SCC2=C(C(=O)O)N3C(=O)C(N)[C@H]3SC2)n1. The number of hydrogen-bond donors (Lipinski definition) is 2. The molecule has 9 heteroatoms. The zero-order valence-corrected chi connectivity index (χ0v) is 13.6. The van der Waals surface area contributed by atoms with E-state index in [0.29, 0.717) is 11.5 Å². The number of fused-ring (bicyclic) bond motifs is 1. The van der Waals surface area contributed by atoms with Crippen molar-refractivity contribution < 1.29 is 14.7 Å². The number of nitrogens with two attached hydrogens (primary N) is 1. The molecule has 0 aromatic carbocycles. The second-order valence-corrected chi connectivity index (χ2v) is 7.92. The third-order valence-electron chi connectivity index (χ3n) is 3.26. The van der Waals surface area contributed by atoms with Crippen LogP contribution in [0.2, 0.25) is 0 Å². The lowest BCUT2D eigenvalue weighted by Gasteiger charge is -2.48. The maximum Gasteiger partial charge on any atom is 0.352 e. The van der Waals surface area contributed by atoms with Crippen LogP contribution >= 0.6 is 34.9 Å². The van der Waals surface area contributed by atoms with E-state index in [9.17, 15) is 14.7 Å². The van der Waals surface area contributed by atoms with Crippen LogP contribution in [0.1, 0.15) is 5.69 Å². The van der Waals surface area contributed by atoms with Crippen molar-refractivity contribution in [2.45, 2.75) is 22.7 Å². The van der Waals surface area contributed by atoms with Crippen molar-refractivity contribution in [2.24, 2.45) is 5.73 Å². The average molecular weight is 343 g/mol. The molecular weight excluding hydrogens is 330 g/mol. The summed E-state index contributed by atoms with van der Waals surface area (Å²) in [6.45, 7) is 1.92. The predicted octanol–water partition coefficient (Wildman–Crippen LogP) is 1.12. The number of hydrogen-bond acceptors (Lipinski definition) is 7. The smallest absolute Gasteiger partial charge is 0.352 e. The first kappa shape index (κ1) is 14.9. The topological polar surface area (TPSA) is 96.5 Å². The standard InChI is InChI=1S/C12H13N3O3S3/c1-5-2-20-12(14-5)21-4-6-3-19-10-7(13)9(16)15(10)8(6)11(17)18/h2,7,10H,3-4,13H2,1H3,(H,17,18)/t7?,10-/m1/s1. The summed E-state index contributed by atoms with van der Waals surface area (Å²) in [5.41, 5.74) is 7.52. The van der Waals surface area contributed by atoms with E-state index in [1.165, 1.54) is 39.8 Å². The van der Waals surface area contributed by atoms with Gasteiger partial charge < -0.3 is 10.8 Å². The maximum absolute atomic E-state index is 11.8. The van der Waals surface area contributed by atoms with Gasteiger partial charge in [-0.15, -0.1) is 23.1 Å². The van der Waals surface area contributed by atoms with Crippen molar-refractivity contribution in [3.05, 3.63) is 22.3 Å². The van der Waals surface area contributed by atoms with Crippen LogP contribution in [0.15, 0.2) is 21.0 Å². The Hall–Kier alpha value is -1.03. The molecule has 0 saturated carbocycles. The molecule has 0 bridgehead atoms. The lowest BCUT2D eigenvalue weighted by atomic mass is 10.0. The molecule has 1 amide bonds. The summed E-state index contributed by atoms with van der Waals surface area (Å²) in [7, 11) is 0. The maximum atomic E-state index is 11.8. The lowest BCUT2D eigenvalue weighted by molar-refractivity contribution is -0.147. The third-order valence-corrected chi connectivity index (χ3v) is 6.84. The lowest BCUT2D eigenvalue weighted by Crippen LogP contribution is -2.68. The number of β-lactam (4-membered cyclic amide) rings is 1. The predicted molar refractivity (Wildman–Crippen MR) is 83.3 cm³/mol. The highest BCUT2D eigenvalue weighted by atomic mass is 32.2. The second kappa shape index (κ2) is 5.64. The molecule has 3 rings (SSSR count). The Balaban J connectivity index is 1.81. The molecule has 112 valence electrons. The van der Waals surface area contributed by atoms with Crippen LogP contribution in [-0.4, -0.2) is 49.8 Å². The number of aliphatic carboxylic acids is 1. The van der Waals surface area contributed by atoms with Gasteiger partial charge in [-0.25, -0.2) is 9.78 Å². The Morgan fingerprint density at radius 3 is 3.05 bits per heavy atom. The number of thioether (sulfide) groups is 2. The van der Waals surface area contributed by atoms with Gasteiger partial charge in [0.05, 0.1) is 0 Å². The molecule has 2 aliphatic rings. The minimum atomic E-state index is -1.06. The van der Waals surface area contributed by atoms with Gasteiger partial charge in [0, 0.05) is 22.6 Å². The van der Waals surface area contributed by atoms with Crippen molar-refractivity contribution in [1.29, 1.82) is 0 Å². The Morgan fingerprint density at radius 1 is 1.67 bits per heavy atom. The number of carboxylic acid groups (broad SMARTS) is 1. The average Bonchev–Trinajstić information content (AvgIpc) is 2.88. The molecule has 0 spiro atoms. The highest BCUT2D eigenvalue weighted by Gasteiger charge is 2.51. The van der Waals surface area contributed by atoms with Gasteiger partial charge in [-0.05, 0) is 12.5 Å². The van der Waals surface area contributed by atoms with Crippen LogP contribution in [0, 0.1) is 6.92 Å². The Bertz CT molecular complexity index is 643. The van der Waals surface area contributed by atoms with Crippen LogP contribution in [0.3, 0.4) is 0 Å². The number of carbonyl (C=O) groups excluding carboxylic acids is 1. The minimum absolute atomic E-state index is 0.103. The van der Waals surface area contributed by atoms with Gasteiger partial charge in [-0.1, -0.05) is 11.8 Å². The van der Waals surface area contributed by atoms with Crippen LogP contribution in [0.4, 0.5) is 0 Å². The molecule has 2 aliphatic heterocycles. The van der Waals surface area contributed by atoms with Gasteiger partial charge in [0.25, 0.3) is 0 Å². The number of nitrogens with zero attached hydrogens (tertiary/aromatic N) is 2. The first-order valence-electron chi connectivity index (χ1n) is 6.19. The van der Waals surface area contributed by atoms with E-state index in [4.69, 9.17) is 5.73 Å². The summed E-state index contributed by atoms with van der Waals surface area (Å²) in [6, 6.07) is -0.583. The molecule has 1 fully saturated rings. The normalized spacial score (nSPS) is 24.9. The zero-order chi connectivity index (χ0) is 15.1. The molecule has 2 atom stereocenters. The number of carbonyl (C=O) groups is 2. The summed E-state index contributed by atoms with van der Waals surface area (Å²) >= 11 is 4.56. The van der Waals surface area contributed by atoms with E-state index in [0.717, 1.165) is 15.6 Å². The fraction of sp³-hybridized carbons (Fsp3) is 0.417. The summed E-state index contributed by atoms with van der Waals surface area (Å²) in [5.74, 6) is -0.266. The molecule has 0 radical (unpaired) electrons. The Labute approximate surface area is 133 Å². The summed E-state index contributed by atoms with van der Waals surface area (Å²) in [5, 5.41) is 11.1. The fourth-order valence-corrected chi connectivity index (χ4v) is 5.52. The molecule has 1 saturated heterocycles. The van der Waals surface area contributed by atoms with Crippen molar-refractivity contribution in [3.8, 4) is 0 Å². The number of aryl methyl sites for hydroxylation is 1. The van der Waals surface area contributed by atoms with Crippen LogP contribution in [-0.2, 0) is 9.59 Å². The largest absolute Gasteiger partial charge is 0.477 e. The van der Waals surface area contributed by atoms with E-state index in [1.54, 1.807) is 0 Å². The van der Waals surface area contributed by atoms with E-state index in [1.807, 2.05) is 12.3 Å². The summed E-state index contributed by atoms with van der Waals surface area (Å²) < 4.78 is 0.906. The molecular formula is C12H13N3O3S3. The minimum Gasteiger partial charge on any atom is -0.477 e. The molecule has 1 aromatic heterocycles. The van der Waals surface area contributed by atoms with E-state index < -0.39 is 12.0 Å². The van der Waals surface area contributed by atoms with Gasteiger partial charge >= 0.3 is 5.97 Å². The number of amides is 1. The zero-order valence-electron chi connectivity index (χ0n) is 11.1. The highest BCUT2D eigenvalue weighted by Crippen LogP contribution is 2.40. The van der Waals surface area contributed by atoms with E-state index in [-0.39, 0.29) is 17.0 Å². The summed E-state index contributed by atoms with van der Waals surface area (Å²) in [4.78, 5) is 29.0. The van der Waals surface area contributed by atoms with Crippen molar-refractivity contribution in [1.82, 2.24) is 9.88 Å². The fourth-order valence-electron chi connectivity index (χ4n) is 2.24. The molecule has 1 aromatic rings. The van der Waals surface area contributed by atoms with Crippen molar-refractivity contribution in [2.75, 3.05) is 11.5 Å². The Morgan fingerprint density at radius 2 is 2.43 bits per heavy atom. The van der Waals surface area contributed by atoms with Crippen molar-refractivity contribution >= 4 is 46.7 Å². The number of thiazole rings is 1. The number of rotatable bonds is 4. The number of carboxylic acids is 1. The molecule has 21 heavy (non-hydrogen) atoms. The highest BCUT2D eigenvalue weighted by molar-refractivity contribution is 8.01. The molecule has 3 N–H and O–H groups in total. The molecule has 6 nitrogen and oxygen atoms in total. The van der Waals surface area contributed by atoms with Crippen molar-refractivity contribution in [3.63, 3.8) is 0 Å². The van der Waals surface area contributed by atoms with Crippen LogP contribution in [0.5, 0.6) is 0 Å². The first-order chi connectivity index (χ1) is 9.99. The van der Waals surface area contributed by atoms with E-state index >= 15 is 0 Å². The van der Waals surface area contributed by atoms with Gasteiger partial charge in [0.1, 0.15) is 21.5 Å². The summed E-state index contributed by atoms with van der Waals surface area (Å²) in [6.07, 6.45) is 0. The van der Waals surface area contributed by atoms with Gasteiger partial charge in [-0.2, -0.15) is 0 Å². The van der Waals surface area contributed by atoms with Gasteiger partial charge in [-0.3, -0.25) is 9.69 Å². The molecule has 1 unspecified atom stereocenters. The molecule has 0 aliphatic carbocycles. The second-order valence-electron chi connectivity index (χ2n) is 4.74.